The highest BCUT2D eigenvalue weighted by atomic mass is 16.5. The first kappa shape index (κ1) is 11.4. The molecule has 1 aliphatic carbocycles. The van der Waals surface area contributed by atoms with Gasteiger partial charge >= 0.3 is 5.97 Å². The fourth-order valence-corrected chi connectivity index (χ4v) is 3.61. The summed E-state index contributed by atoms with van der Waals surface area (Å²) in [6.45, 7) is 0.610. The van der Waals surface area contributed by atoms with Gasteiger partial charge in [-0.15, -0.1) is 0 Å². The van der Waals surface area contributed by atoms with Crippen LogP contribution < -0.4 is 0 Å². The molecule has 2 bridgehead atoms. The maximum Gasteiger partial charge on any atom is 0.308 e. The Labute approximate surface area is 110 Å². The number of aliphatic carboxylic acids is 1. The highest BCUT2D eigenvalue weighted by Gasteiger charge is 2.49. The van der Waals surface area contributed by atoms with Gasteiger partial charge in [0.25, 0.3) is 0 Å². The summed E-state index contributed by atoms with van der Waals surface area (Å²) in [5.41, 5.74) is 0. The molecule has 3 unspecified atom stereocenters. The van der Waals surface area contributed by atoms with E-state index in [4.69, 9.17) is 4.52 Å². The fourth-order valence-electron chi connectivity index (χ4n) is 3.61. The molecule has 6 heteroatoms. The van der Waals surface area contributed by atoms with Crippen LogP contribution in [-0.2, 0) is 11.3 Å². The monoisotopic (exact) mass is 263 g/mol. The van der Waals surface area contributed by atoms with Crippen LogP contribution in [0.4, 0.5) is 0 Å². The van der Waals surface area contributed by atoms with E-state index in [9.17, 15) is 9.90 Å². The van der Waals surface area contributed by atoms with Gasteiger partial charge in [-0.2, -0.15) is 4.98 Å². The molecular weight excluding hydrogens is 246 g/mol. The van der Waals surface area contributed by atoms with E-state index in [0.29, 0.717) is 24.4 Å². The molecule has 4 rings (SSSR count). The van der Waals surface area contributed by atoms with Crippen LogP contribution in [0.2, 0.25) is 0 Å². The van der Waals surface area contributed by atoms with E-state index in [2.05, 4.69) is 15.0 Å². The molecule has 1 N–H and O–H groups in total. The van der Waals surface area contributed by atoms with Gasteiger partial charge in [-0.05, 0) is 32.1 Å². The van der Waals surface area contributed by atoms with Crippen LogP contribution in [0.1, 0.15) is 49.7 Å². The Balaban J connectivity index is 1.48. The second-order valence-corrected chi connectivity index (χ2v) is 5.97. The van der Waals surface area contributed by atoms with Crippen LogP contribution in [0.15, 0.2) is 4.52 Å². The van der Waals surface area contributed by atoms with Crippen molar-refractivity contribution >= 4 is 5.97 Å². The fraction of sp³-hybridized carbons (Fsp3) is 0.769. The summed E-state index contributed by atoms with van der Waals surface area (Å²) in [4.78, 5) is 17.9. The van der Waals surface area contributed by atoms with Gasteiger partial charge in [0, 0.05) is 18.0 Å². The highest BCUT2D eigenvalue weighted by Crippen LogP contribution is 2.43. The Kier molecular flexibility index (Phi) is 2.42. The summed E-state index contributed by atoms with van der Waals surface area (Å²) in [6.07, 6.45) is 5.16. The molecule has 0 aromatic carbocycles. The molecule has 1 aromatic rings. The third kappa shape index (κ3) is 1.85. The lowest BCUT2D eigenvalue weighted by molar-refractivity contribution is -0.142. The summed E-state index contributed by atoms with van der Waals surface area (Å²) >= 11 is 0. The van der Waals surface area contributed by atoms with Crippen LogP contribution in [-0.4, -0.2) is 38.2 Å². The predicted octanol–water partition coefficient (Wildman–Crippen LogP) is 1.38. The predicted molar refractivity (Wildman–Crippen MR) is 64.4 cm³/mol. The lowest BCUT2D eigenvalue weighted by atomic mass is 9.89. The summed E-state index contributed by atoms with van der Waals surface area (Å²) in [5.74, 6) is 1.09. The van der Waals surface area contributed by atoms with Crippen molar-refractivity contribution in [3.05, 3.63) is 11.7 Å². The van der Waals surface area contributed by atoms with Crippen molar-refractivity contribution in [3.63, 3.8) is 0 Å². The molecule has 2 saturated heterocycles. The number of carboxylic acids is 1. The van der Waals surface area contributed by atoms with Crippen LogP contribution in [0.3, 0.4) is 0 Å². The number of aromatic nitrogens is 2. The SMILES string of the molecule is O=C(O)C1CC2CCC1N2Cc1nc(C2CC2)no1. The summed E-state index contributed by atoms with van der Waals surface area (Å²) < 4.78 is 5.30. The van der Waals surface area contributed by atoms with E-state index in [-0.39, 0.29) is 12.0 Å². The molecular formula is C13H17N3O3. The van der Waals surface area contributed by atoms with E-state index in [1.807, 2.05) is 0 Å². The van der Waals surface area contributed by atoms with Gasteiger partial charge in [0.15, 0.2) is 5.82 Å². The molecule has 1 saturated carbocycles. The Morgan fingerprint density at radius 2 is 2.21 bits per heavy atom. The lowest BCUT2D eigenvalue weighted by Crippen LogP contribution is -2.32. The number of fused-ring (bicyclic) bond motifs is 2. The lowest BCUT2D eigenvalue weighted by Gasteiger charge is -2.20. The van der Waals surface area contributed by atoms with Crippen molar-refractivity contribution in [2.24, 2.45) is 5.92 Å². The number of rotatable bonds is 4. The van der Waals surface area contributed by atoms with Gasteiger partial charge in [-0.3, -0.25) is 9.69 Å². The van der Waals surface area contributed by atoms with Crippen LogP contribution in [0.5, 0.6) is 0 Å². The maximum absolute atomic E-state index is 11.2. The van der Waals surface area contributed by atoms with Gasteiger partial charge in [0.05, 0.1) is 12.5 Å². The van der Waals surface area contributed by atoms with Gasteiger partial charge in [-0.1, -0.05) is 5.16 Å². The van der Waals surface area contributed by atoms with Crippen molar-refractivity contribution < 1.29 is 14.4 Å². The number of hydrogen-bond acceptors (Lipinski definition) is 5. The van der Waals surface area contributed by atoms with Crippen molar-refractivity contribution in [2.45, 2.75) is 56.7 Å². The standard InChI is InChI=1S/C13H17N3O3/c17-13(18)9-5-8-3-4-10(9)16(8)6-11-14-12(15-19-11)7-1-2-7/h7-10H,1-6H2,(H,17,18). The molecule has 3 heterocycles. The minimum Gasteiger partial charge on any atom is -0.481 e. The number of carbonyl (C=O) groups is 1. The summed E-state index contributed by atoms with van der Waals surface area (Å²) in [6, 6.07) is 0.529. The summed E-state index contributed by atoms with van der Waals surface area (Å²) in [7, 11) is 0. The van der Waals surface area contributed by atoms with Crippen molar-refractivity contribution in [3.8, 4) is 0 Å². The molecule has 3 aliphatic rings. The van der Waals surface area contributed by atoms with Gasteiger partial charge in [0.1, 0.15) is 0 Å². The highest BCUT2D eigenvalue weighted by molar-refractivity contribution is 5.71. The van der Waals surface area contributed by atoms with Crippen molar-refractivity contribution in [1.29, 1.82) is 0 Å². The minimum atomic E-state index is -0.665. The number of nitrogens with zero attached hydrogens (tertiary/aromatic N) is 3. The summed E-state index contributed by atoms with van der Waals surface area (Å²) in [5, 5.41) is 13.2. The molecule has 2 aliphatic heterocycles. The zero-order chi connectivity index (χ0) is 13.0. The van der Waals surface area contributed by atoms with E-state index in [1.54, 1.807) is 0 Å². The molecule has 3 atom stereocenters. The van der Waals surface area contributed by atoms with Crippen LogP contribution in [0.25, 0.3) is 0 Å². The molecule has 1 aromatic heterocycles. The molecule has 0 spiro atoms. The van der Waals surface area contributed by atoms with E-state index in [1.165, 1.54) is 0 Å². The molecule has 3 fully saturated rings. The second-order valence-electron chi connectivity index (χ2n) is 5.97. The number of hydrogen-bond donors (Lipinski definition) is 1. The van der Waals surface area contributed by atoms with Crippen LogP contribution >= 0.6 is 0 Å². The first-order chi connectivity index (χ1) is 9.22. The topological polar surface area (TPSA) is 79.5 Å². The first-order valence-corrected chi connectivity index (χ1v) is 7.03. The minimum absolute atomic E-state index is 0.152. The molecule has 102 valence electrons. The maximum atomic E-state index is 11.2. The second kappa shape index (κ2) is 4.03. The van der Waals surface area contributed by atoms with Crippen molar-refractivity contribution in [2.75, 3.05) is 0 Å². The molecule has 6 nitrogen and oxygen atoms in total. The third-order valence-corrected chi connectivity index (χ3v) is 4.74. The Bertz CT molecular complexity index is 511. The van der Waals surface area contributed by atoms with E-state index >= 15 is 0 Å². The molecule has 0 radical (unpaired) electrons. The normalized spacial score (nSPS) is 34.0. The Morgan fingerprint density at radius 1 is 1.37 bits per heavy atom. The van der Waals surface area contributed by atoms with Gasteiger partial charge in [-0.25, -0.2) is 0 Å². The van der Waals surface area contributed by atoms with E-state index < -0.39 is 5.97 Å². The third-order valence-electron chi connectivity index (χ3n) is 4.74. The smallest absolute Gasteiger partial charge is 0.308 e. The Hall–Kier alpha value is -1.43. The molecule has 0 amide bonds. The van der Waals surface area contributed by atoms with Gasteiger partial charge in [0.2, 0.25) is 5.89 Å². The van der Waals surface area contributed by atoms with Gasteiger partial charge < -0.3 is 9.63 Å². The zero-order valence-corrected chi connectivity index (χ0v) is 10.7. The van der Waals surface area contributed by atoms with Crippen LogP contribution in [0, 0.1) is 5.92 Å². The largest absolute Gasteiger partial charge is 0.481 e. The first-order valence-electron chi connectivity index (χ1n) is 7.03. The molecule has 19 heavy (non-hydrogen) atoms. The number of carboxylic acid groups (broad SMARTS) is 1. The van der Waals surface area contributed by atoms with Crippen molar-refractivity contribution in [1.82, 2.24) is 15.0 Å². The average Bonchev–Trinajstić information content (AvgIpc) is 2.91. The van der Waals surface area contributed by atoms with E-state index in [0.717, 1.165) is 37.9 Å². The Morgan fingerprint density at radius 3 is 2.89 bits per heavy atom. The average molecular weight is 263 g/mol. The quantitative estimate of drug-likeness (QED) is 0.884. The zero-order valence-electron chi connectivity index (χ0n) is 10.7.